The quantitative estimate of drug-likeness (QED) is 0.154. The van der Waals surface area contributed by atoms with E-state index in [2.05, 4.69) is 4.90 Å². The molecule has 2 bridgehead atoms. The number of phenolic OH excluding ortho intramolecular Hbond substituents is 1. The Hall–Kier alpha value is -4.78. The Morgan fingerprint density at radius 2 is 1.73 bits per heavy atom. The summed E-state index contributed by atoms with van der Waals surface area (Å²) in [7, 11) is 2.97. The predicted octanol–water partition coefficient (Wildman–Crippen LogP) is 5.36. The number of carbonyl (C=O) groups is 2. The zero-order valence-electron chi connectivity index (χ0n) is 27.9. The minimum atomic E-state index is -1.45. The number of aromatic nitrogens is 1. The number of methoxy groups -OCH3 is 2. The number of rotatable bonds is 11. The first-order valence-corrected chi connectivity index (χ1v) is 17.0. The van der Waals surface area contributed by atoms with E-state index in [1.807, 2.05) is 0 Å². The third kappa shape index (κ3) is 7.93. The Bertz CT molecular complexity index is 1910. The second kappa shape index (κ2) is 15.2. The Labute approximate surface area is 303 Å². The average molecular weight is 741 g/mol. The number of pyridine rings is 1. The molecule has 0 saturated carbocycles. The average Bonchev–Trinajstić information content (AvgIpc) is 3.10. The standard InChI is InChI=1S/C37H36Cl2FN3O8/c1-49-33-6-4-23(12-34(33)50-2)28(16-30-31(38)18-42(48)19-32(30)39)29-11-21(3-5-27(29)36(45)46)17-43(25-13-24(40)14-26(44)15-25)37(47)51-35-20-41-9-7-22(35)8-10-41/h3-6,11-15,18-19,22,28,35H,7-10,16-17,20H2,1-2H3,(H2-,44,45,46,48)/t28-,35-/m0/s1. The summed E-state index contributed by atoms with van der Waals surface area (Å²) in [6, 6.07) is 13.0. The van der Waals surface area contributed by atoms with Crippen molar-refractivity contribution in [1.82, 2.24) is 4.90 Å². The van der Waals surface area contributed by atoms with Gasteiger partial charge in [-0.2, -0.15) is 0 Å². The SMILES string of the molecule is COc1ccc([C@H](Cc2c(Cl)c[n+](O)cc2Cl)c2cc(CN(C(=O)O[C@H]3CN4CCC3CC4)c3cc(O)cc(F)c3)ccc2C(=O)[O-])cc1OC. The Morgan fingerprint density at radius 3 is 2.33 bits per heavy atom. The number of carboxylic acids is 1. The lowest BCUT2D eigenvalue weighted by molar-refractivity contribution is -0.904. The number of ether oxygens (including phenoxy) is 3. The fourth-order valence-corrected chi connectivity index (χ4v) is 7.60. The molecule has 51 heavy (non-hydrogen) atoms. The van der Waals surface area contributed by atoms with Crippen molar-refractivity contribution in [1.29, 1.82) is 0 Å². The number of aromatic hydroxyl groups is 1. The zero-order valence-corrected chi connectivity index (χ0v) is 29.4. The van der Waals surface area contributed by atoms with Gasteiger partial charge >= 0.3 is 6.09 Å². The maximum Gasteiger partial charge on any atom is 0.414 e. The van der Waals surface area contributed by atoms with Crippen LogP contribution in [0.5, 0.6) is 17.2 Å². The monoisotopic (exact) mass is 739 g/mol. The fourth-order valence-electron chi connectivity index (χ4n) is 7.00. The maximum atomic E-state index is 14.6. The number of amides is 1. The lowest BCUT2D eigenvalue weighted by Crippen LogP contribution is -2.53. The maximum absolute atomic E-state index is 14.6. The van der Waals surface area contributed by atoms with Crippen LogP contribution in [0.1, 0.15) is 51.4 Å². The van der Waals surface area contributed by atoms with E-state index in [1.165, 1.54) is 49.7 Å². The van der Waals surface area contributed by atoms with E-state index in [4.69, 9.17) is 37.4 Å². The molecule has 7 rings (SSSR count). The molecule has 0 spiro atoms. The predicted molar refractivity (Wildman–Crippen MR) is 183 cm³/mol. The number of hydrogen-bond donors (Lipinski definition) is 2. The van der Waals surface area contributed by atoms with Crippen LogP contribution in [0.15, 0.2) is 67.0 Å². The lowest BCUT2D eigenvalue weighted by Gasteiger charge is -2.44. The second-order valence-electron chi connectivity index (χ2n) is 12.7. The summed E-state index contributed by atoms with van der Waals surface area (Å²) in [4.78, 5) is 30.0. The number of fused-ring (bicyclic) bond motifs is 3. The van der Waals surface area contributed by atoms with Crippen LogP contribution in [0, 0.1) is 11.7 Å². The molecule has 3 aromatic carbocycles. The van der Waals surface area contributed by atoms with Gasteiger partial charge < -0.3 is 29.2 Å². The first-order chi connectivity index (χ1) is 24.4. The summed E-state index contributed by atoms with van der Waals surface area (Å²) >= 11 is 13.1. The Morgan fingerprint density at radius 1 is 1.02 bits per heavy atom. The van der Waals surface area contributed by atoms with Crippen LogP contribution in [0.25, 0.3) is 0 Å². The summed E-state index contributed by atoms with van der Waals surface area (Å²) in [5.41, 5.74) is 1.71. The number of nitrogens with zero attached hydrogens (tertiary/aromatic N) is 3. The van der Waals surface area contributed by atoms with Gasteiger partial charge in [-0.1, -0.05) is 47.5 Å². The van der Waals surface area contributed by atoms with E-state index in [1.54, 1.807) is 24.3 Å². The first kappa shape index (κ1) is 36.0. The number of benzene rings is 3. The highest BCUT2D eigenvalue weighted by Crippen LogP contribution is 2.39. The number of phenols is 1. The van der Waals surface area contributed by atoms with Gasteiger partial charge in [-0.25, -0.2) is 9.18 Å². The molecule has 0 unspecified atom stereocenters. The van der Waals surface area contributed by atoms with Crippen molar-refractivity contribution < 1.29 is 48.3 Å². The van der Waals surface area contributed by atoms with E-state index in [-0.39, 0.29) is 52.0 Å². The molecule has 1 amide bonds. The van der Waals surface area contributed by atoms with Gasteiger partial charge in [-0.05, 0) is 73.2 Å². The summed E-state index contributed by atoms with van der Waals surface area (Å²) in [6.07, 6.45) is 3.31. The van der Waals surface area contributed by atoms with Crippen LogP contribution < -0.4 is 24.2 Å². The van der Waals surface area contributed by atoms with Gasteiger partial charge in [0, 0.05) is 40.5 Å². The van der Waals surface area contributed by atoms with Crippen LogP contribution in [0.2, 0.25) is 10.0 Å². The molecule has 268 valence electrons. The molecular formula is C37H36Cl2FN3O8. The number of piperidine rings is 3. The van der Waals surface area contributed by atoms with Crippen molar-refractivity contribution in [3.05, 3.63) is 111 Å². The number of carboxylic acid groups (broad SMARTS) is 1. The van der Waals surface area contributed by atoms with Gasteiger partial charge in [-0.3, -0.25) is 15.0 Å². The van der Waals surface area contributed by atoms with Crippen molar-refractivity contribution in [2.45, 2.75) is 37.8 Å². The molecule has 0 radical (unpaired) electrons. The van der Waals surface area contributed by atoms with Gasteiger partial charge in [0.2, 0.25) is 12.4 Å². The summed E-state index contributed by atoms with van der Waals surface area (Å²) < 4.78 is 32.3. The minimum absolute atomic E-state index is 0.0564. The van der Waals surface area contributed by atoms with Gasteiger partial charge in [0.05, 0.1) is 32.4 Å². The molecule has 4 aromatic rings. The number of carbonyl (C=O) groups excluding carboxylic acids is 2. The Kier molecular flexibility index (Phi) is 10.8. The second-order valence-corrected chi connectivity index (χ2v) is 13.5. The Balaban J connectivity index is 1.44. The fraction of sp³-hybridized carbons (Fsp3) is 0.324. The van der Waals surface area contributed by atoms with Crippen molar-refractivity contribution in [2.75, 3.05) is 38.8 Å². The van der Waals surface area contributed by atoms with E-state index in [0.717, 1.165) is 42.8 Å². The van der Waals surface area contributed by atoms with E-state index < -0.39 is 23.8 Å². The highest BCUT2D eigenvalue weighted by Gasteiger charge is 2.38. The lowest BCUT2D eigenvalue weighted by atomic mass is 9.82. The van der Waals surface area contributed by atoms with Crippen LogP contribution in [0.3, 0.4) is 0 Å². The van der Waals surface area contributed by atoms with Crippen molar-refractivity contribution in [3.8, 4) is 17.2 Å². The largest absolute Gasteiger partial charge is 0.545 e. The summed E-state index contributed by atoms with van der Waals surface area (Å²) in [5, 5.41) is 33.2. The topological polar surface area (TPSA) is 136 Å². The molecule has 1 aromatic heterocycles. The molecule has 3 saturated heterocycles. The third-order valence-electron chi connectivity index (χ3n) is 9.59. The van der Waals surface area contributed by atoms with Gasteiger partial charge in [-0.15, -0.1) is 0 Å². The molecule has 4 heterocycles. The summed E-state index contributed by atoms with van der Waals surface area (Å²) in [5.74, 6) is -2.30. The van der Waals surface area contributed by atoms with Crippen molar-refractivity contribution in [3.63, 3.8) is 0 Å². The van der Waals surface area contributed by atoms with Crippen LogP contribution in [0.4, 0.5) is 14.9 Å². The van der Waals surface area contributed by atoms with Crippen molar-refractivity contribution >= 4 is 41.0 Å². The number of hydrogen-bond acceptors (Lipinski definition) is 9. The number of aromatic carboxylic acids is 1. The first-order valence-electron chi connectivity index (χ1n) is 16.3. The highest BCUT2D eigenvalue weighted by atomic mass is 35.5. The molecule has 3 aliphatic heterocycles. The third-order valence-corrected chi connectivity index (χ3v) is 10.2. The molecular weight excluding hydrogens is 704 g/mol. The normalized spacial score (nSPS) is 18.6. The van der Waals surface area contributed by atoms with E-state index in [9.17, 15) is 29.4 Å². The zero-order chi connectivity index (χ0) is 36.4. The highest BCUT2D eigenvalue weighted by molar-refractivity contribution is 6.35. The number of anilines is 1. The van der Waals surface area contributed by atoms with Crippen LogP contribution in [-0.4, -0.2) is 67.2 Å². The molecule has 3 fully saturated rings. The van der Waals surface area contributed by atoms with Crippen LogP contribution in [-0.2, 0) is 17.7 Å². The van der Waals surface area contributed by atoms with Crippen LogP contribution >= 0.6 is 23.2 Å². The molecule has 2 atom stereocenters. The van der Waals surface area contributed by atoms with Gasteiger partial charge in [0.25, 0.3) is 0 Å². The molecule has 14 heteroatoms. The van der Waals surface area contributed by atoms with Crippen molar-refractivity contribution in [2.24, 2.45) is 5.92 Å². The minimum Gasteiger partial charge on any atom is -0.545 e. The number of halogens is 3. The summed E-state index contributed by atoms with van der Waals surface area (Å²) in [6.45, 7) is 2.30. The molecule has 0 aliphatic carbocycles. The molecule has 3 aliphatic rings. The molecule has 2 N–H and O–H groups in total. The molecule has 11 nitrogen and oxygen atoms in total. The van der Waals surface area contributed by atoms with E-state index in [0.29, 0.717) is 40.3 Å². The van der Waals surface area contributed by atoms with E-state index >= 15 is 0 Å². The van der Waals surface area contributed by atoms with Gasteiger partial charge in [0.1, 0.15) is 27.7 Å². The van der Waals surface area contributed by atoms with Gasteiger partial charge in [0.15, 0.2) is 11.5 Å². The smallest absolute Gasteiger partial charge is 0.414 e.